The van der Waals surface area contributed by atoms with Gasteiger partial charge in [0.25, 0.3) is 0 Å². The standard InChI is InChI=1S/C51H39N5O/c1-33-15-14-22-39(31-33)50-55-48(37-20-10-5-11-21-37)54-49(56-50)38-26-24-35(25-27-38)45-40(28-29-43-46(45)51(2)30-13-12-23-44(51)57-43)42-32-41(34-16-6-3-7-17-34)52-47(53-42)36-18-8-4-9-19-36/h3-29,32-33H,30-31H2,1-2H3. The summed E-state index contributed by atoms with van der Waals surface area (Å²) < 4.78 is 6.62. The maximum atomic E-state index is 6.62. The van der Waals surface area contributed by atoms with Crippen molar-refractivity contribution in [2.45, 2.75) is 32.1 Å². The van der Waals surface area contributed by atoms with E-state index < -0.39 is 0 Å². The van der Waals surface area contributed by atoms with Gasteiger partial charge in [0, 0.05) is 33.4 Å². The Hall–Kier alpha value is -7.05. The molecule has 6 nitrogen and oxygen atoms in total. The van der Waals surface area contributed by atoms with Gasteiger partial charge < -0.3 is 4.74 Å². The van der Waals surface area contributed by atoms with Gasteiger partial charge in [-0.2, -0.15) is 0 Å². The molecule has 2 unspecified atom stereocenters. The van der Waals surface area contributed by atoms with Crippen molar-refractivity contribution in [2.75, 3.05) is 0 Å². The minimum atomic E-state index is -0.349. The molecule has 0 radical (unpaired) electrons. The first kappa shape index (κ1) is 34.4. The molecule has 0 N–H and O–H groups in total. The molecule has 10 rings (SSSR count). The second-order valence-corrected chi connectivity index (χ2v) is 15.2. The predicted octanol–water partition coefficient (Wildman–Crippen LogP) is 12.1. The minimum Gasteiger partial charge on any atom is -0.460 e. The molecule has 2 aliphatic carbocycles. The lowest BCUT2D eigenvalue weighted by molar-refractivity contribution is 0.377. The largest absolute Gasteiger partial charge is 0.460 e. The first-order valence-corrected chi connectivity index (χ1v) is 19.5. The average molecular weight is 738 g/mol. The molecule has 6 heteroatoms. The number of benzene rings is 5. The summed E-state index contributed by atoms with van der Waals surface area (Å²) in [4.78, 5) is 25.5. The Morgan fingerprint density at radius 1 is 0.561 bits per heavy atom. The van der Waals surface area contributed by atoms with E-state index >= 15 is 0 Å². The monoisotopic (exact) mass is 737 g/mol. The van der Waals surface area contributed by atoms with E-state index in [0.717, 1.165) is 85.8 Å². The van der Waals surface area contributed by atoms with Crippen LogP contribution in [0, 0.1) is 5.92 Å². The minimum absolute atomic E-state index is 0.349. The van der Waals surface area contributed by atoms with E-state index in [0.29, 0.717) is 29.2 Å². The first-order chi connectivity index (χ1) is 28.0. The molecule has 0 saturated carbocycles. The zero-order valence-corrected chi connectivity index (χ0v) is 31.8. The number of nitrogens with zero attached hydrogens (tertiary/aromatic N) is 5. The molecule has 3 heterocycles. The maximum absolute atomic E-state index is 6.62. The Balaban J connectivity index is 1.15. The Labute approximate surface area is 332 Å². The van der Waals surface area contributed by atoms with Gasteiger partial charge in [0.1, 0.15) is 11.5 Å². The van der Waals surface area contributed by atoms with E-state index in [1.165, 1.54) is 0 Å². The van der Waals surface area contributed by atoms with Crippen LogP contribution in [-0.4, -0.2) is 24.9 Å². The Bertz CT molecular complexity index is 2710. The van der Waals surface area contributed by atoms with Crippen molar-refractivity contribution in [2.24, 2.45) is 5.92 Å². The number of ether oxygens (including phenoxy) is 1. The summed E-state index contributed by atoms with van der Waals surface area (Å²) in [5.41, 5.74) is 10.6. The molecule has 0 bridgehead atoms. The third kappa shape index (κ3) is 6.39. The van der Waals surface area contributed by atoms with E-state index in [4.69, 9.17) is 29.7 Å². The maximum Gasteiger partial charge on any atom is 0.164 e. The second-order valence-electron chi connectivity index (χ2n) is 15.2. The van der Waals surface area contributed by atoms with Crippen molar-refractivity contribution in [1.29, 1.82) is 0 Å². The van der Waals surface area contributed by atoms with Crippen LogP contribution < -0.4 is 4.74 Å². The van der Waals surface area contributed by atoms with Crippen molar-refractivity contribution in [3.05, 3.63) is 187 Å². The third-order valence-corrected chi connectivity index (χ3v) is 11.2. The zero-order chi connectivity index (χ0) is 38.3. The van der Waals surface area contributed by atoms with Crippen LogP contribution in [0.15, 0.2) is 176 Å². The van der Waals surface area contributed by atoms with Crippen molar-refractivity contribution < 1.29 is 4.74 Å². The SMILES string of the molecule is CC1C=CC=C(c2nc(-c3ccccc3)nc(-c3ccc(-c4c(-c5cc(-c6ccccc6)nc(-c6ccccc6)n5)ccc5c4C4(C)CC=CC=C4O5)cc3)n2)C1. The summed E-state index contributed by atoms with van der Waals surface area (Å²) >= 11 is 0. The zero-order valence-electron chi connectivity index (χ0n) is 31.8. The summed E-state index contributed by atoms with van der Waals surface area (Å²) in [6.07, 6.45) is 14.6. The Morgan fingerprint density at radius 3 is 1.81 bits per heavy atom. The molecule has 2 atom stereocenters. The van der Waals surface area contributed by atoms with Gasteiger partial charge in [0.2, 0.25) is 0 Å². The van der Waals surface area contributed by atoms with Gasteiger partial charge in [-0.15, -0.1) is 0 Å². The predicted molar refractivity (Wildman–Crippen MR) is 229 cm³/mol. The van der Waals surface area contributed by atoms with Crippen molar-refractivity contribution in [3.63, 3.8) is 0 Å². The molecule has 0 fully saturated rings. The Morgan fingerprint density at radius 2 is 1.14 bits per heavy atom. The summed E-state index contributed by atoms with van der Waals surface area (Å²) in [7, 11) is 0. The second kappa shape index (κ2) is 14.2. The smallest absolute Gasteiger partial charge is 0.164 e. The van der Waals surface area contributed by atoms with Crippen molar-refractivity contribution >= 4 is 5.57 Å². The molecular formula is C51H39N5O. The lowest BCUT2D eigenvalue weighted by Crippen LogP contribution is -2.23. The fourth-order valence-electron chi connectivity index (χ4n) is 8.18. The molecule has 2 aromatic heterocycles. The summed E-state index contributed by atoms with van der Waals surface area (Å²) in [5, 5.41) is 0. The van der Waals surface area contributed by atoms with E-state index in [1.807, 2.05) is 66.7 Å². The van der Waals surface area contributed by atoms with Crippen LogP contribution in [0.4, 0.5) is 0 Å². The molecule has 0 saturated heterocycles. The van der Waals surface area contributed by atoms with Crippen LogP contribution in [-0.2, 0) is 5.41 Å². The first-order valence-electron chi connectivity index (χ1n) is 19.5. The van der Waals surface area contributed by atoms with Gasteiger partial charge in [-0.3, -0.25) is 0 Å². The number of rotatable bonds is 7. The highest BCUT2D eigenvalue weighted by atomic mass is 16.5. The van der Waals surface area contributed by atoms with Crippen molar-refractivity contribution in [3.8, 4) is 73.6 Å². The van der Waals surface area contributed by atoms with Crippen LogP contribution >= 0.6 is 0 Å². The van der Waals surface area contributed by atoms with Crippen LogP contribution in [0.25, 0.3) is 73.4 Å². The topological polar surface area (TPSA) is 73.7 Å². The normalized spacial score (nSPS) is 18.0. The fourth-order valence-corrected chi connectivity index (χ4v) is 8.18. The van der Waals surface area contributed by atoms with E-state index in [9.17, 15) is 0 Å². The average Bonchev–Trinajstić information content (AvgIpc) is 3.59. The van der Waals surface area contributed by atoms with Gasteiger partial charge in [-0.05, 0) is 66.7 Å². The van der Waals surface area contributed by atoms with E-state index in [2.05, 4.69) is 117 Å². The number of hydrogen-bond acceptors (Lipinski definition) is 6. The van der Waals surface area contributed by atoms with E-state index in [-0.39, 0.29) is 5.41 Å². The molecule has 7 aromatic rings. The molecule has 0 spiro atoms. The van der Waals surface area contributed by atoms with Crippen LogP contribution in [0.3, 0.4) is 0 Å². The highest BCUT2D eigenvalue weighted by Crippen LogP contribution is 2.55. The lowest BCUT2D eigenvalue weighted by atomic mass is 9.73. The molecule has 5 aromatic carbocycles. The Kier molecular flexibility index (Phi) is 8.59. The number of allylic oxidation sites excluding steroid dienone is 8. The highest BCUT2D eigenvalue weighted by molar-refractivity contribution is 5.90. The lowest BCUT2D eigenvalue weighted by Gasteiger charge is -2.28. The van der Waals surface area contributed by atoms with Gasteiger partial charge in [0.05, 0.1) is 16.8 Å². The van der Waals surface area contributed by atoms with Gasteiger partial charge in [0.15, 0.2) is 23.3 Å². The van der Waals surface area contributed by atoms with Crippen LogP contribution in [0.5, 0.6) is 5.75 Å². The fraction of sp³-hybridized carbons (Fsp3) is 0.118. The molecule has 57 heavy (non-hydrogen) atoms. The summed E-state index contributed by atoms with van der Waals surface area (Å²) in [6, 6.07) is 45.7. The van der Waals surface area contributed by atoms with Crippen LogP contribution in [0.2, 0.25) is 0 Å². The summed E-state index contributed by atoms with van der Waals surface area (Å²) in [5.74, 6) is 4.93. The highest BCUT2D eigenvalue weighted by Gasteiger charge is 2.44. The van der Waals surface area contributed by atoms with Gasteiger partial charge >= 0.3 is 0 Å². The number of fused-ring (bicyclic) bond motifs is 3. The van der Waals surface area contributed by atoms with Gasteiger partial charge in [-0.1, -0.05) is 153 Å². The molecule has 1 aliphatic heterocycles. The molecular weight excluding hydrogens is 699 g/mol. The van der Waals surface area contributed by atoms with E-state index in [1.54, 1.807) is 0 Å². The van der Waals surface area contributed by atoms with Gasteiger partial charge in [-0.25, -0.2) is 24.9 Å². The number of aromatic nitrogens is 5. The van der Waals surface area contributed by atoms with Crippen molar-refractivity contribution in [1.82, 2.24) is 24.9 Å². The molecule has 274 valence electrons. The number of hydrogen-bond donors (Lipinski definition) is 0. The summed E-state index contributed by atoms with van der Waals surface area (Å²) in [6.45, 7) is 4.51. The molecule has 0 amide bonds. The quantitative estimate of drug-likeness (QED) is 0.162. The molecule has 3 aliphatic rings. The third-order valence-electron chi connectivity index (χ3n) is 11.2. The van der Waals surface area contributed by atoms with Crippen LogP contribution in [0.1, 0.15) is 38.1 Å².